The molecule has 0 aromatic rings. The van der Waals surface area contributed by atoms with Crippen LogP contribution >= 0.6 is 11.8 Å². The second-order valence-electron chi connectivity index (χ2n) is 12.9. The SMILES string of the molecule is CCCCCCCCCCC(NOC(=O)CCCC[C@H]1SC[C@H]2NC(=O)N(C(CCCCCCCCCC)C(=O)O)[C@H]21)C(=O)O. The normalized spacial score (nSPS) is 20.5. The van der Waals surface area contributed by atoms with E-state index < -0.39 is 30.0 Å². The first-order valence-corrected chi connectivity index (χ1v) is 19.0. The predicted molar refractivity (Wildman–Crippen MR) is 179 cm³/mol. The zero-order chi connectivity index (χ0) is 32.9. The van der Waals surface area contributed by atoms with E-state index in [-0.39, 0.29) is 29.8 Å². The Kier molecular flexibility index (Phi) is 20.3. The Morgan fingerprint density at radius 1 is 0.822 bits per heavy atom. The smallest absolute Gasteiger partial charge is 0.326 e. The van der Waals surface area contributed by atoms with Crippen molar-refractivity contribution in [3.05, 3.63) is 0 Å². The Morgan fingerprint density at radius 2 is 1.38 bits per heavy atom. The van der Waals surface area contributed by atoms with Crippen LogP contribution in [0.15, 0.2) is 0 Å². The van der Waals surface area contributed by atoms with E-state index in [1.165, 1.54) is 64.2 Å². The number of carboxylic acids is 2. The van der Waals surface area contributed by atoms with E-state index in [0.717, 1.165) is 57.1 Å². The molecule has 2 amide bonds. The number of hydrogen-bond acceptors (Lipinski definition) is 7. The molecule has 11 heteroatoms. The van der Waals surface area contributed by atoms with Gasteiger partial charge in [0.1, 0.15) is 12.1 Å². The third kappa shape index (κ3) is 15.0. The van der Waals surface area contributed by atoms with Gasteiger partial charge in [0.15, 0.2) is 0 Å². The number of carboxylic acid groups (broad SMARTS) is 2. The van der Waals surface area contributed by atoms with Crippen LogP contribution < -0.4 is 10.8 Å². The van der Waals surface area contributed by atoms with Crippen LogP contribution in [0.5, 0.6) is 0 Å². The molecule has 2 aliphatic rings. The largest absolute Gasteiger partial charge is 0.480 e. The maximum Gasteiger partial charge on any atom is 0.326 e. The molecule has 0 saturated carbocycles. The van der Waals surface area contributed by atoms with Gasteiger partial charge in [-0.1, -0.05) is 123 Å². The molecule has 2 saturated heterocycles. The maximum absolute atomic E-state index is 12.9. The van der Waals surface area contributed by atoms with E-state index in [1.54, 1.807) is 16.7 Å². The van der Waals surface area contributed by atoms with Crippen molar-refractivity contribution in [2.75, 3.05) is 5.75 Å². The van der Waals surface area contributed by atoms with Crippen LogP contribution in [-0.2, 0) is 19.2 Å². The van der Waals surface area contributed by atoms with Crippen LogP contribution in [-0.4, -0.2) is 74.2 Å². The summed E-state index contributed by atoms with van der Waals surface area (Å²) in [6.45, 7) is 4.39. The minimum Gasteiger partial charge on any atom is -0.480 e. The molecule has 0 spiro atoms. The number of nitrogens with zero attached hydrogens (tertiary/aromatic N) is 1. The average molecular weight is 656 g/mol. The lowest BCUT2D eigenvalue weighted by Gasteiger charge is -2.32. The standard InChI is InChI=1S/C34H61N3O7S/c1-3-5-7-9-11-13-15-17-21-26(32(39)40)36-44-30(38)24-20-19-23-29-31-27(25-45-29)35-34(43)37(31)28(33(41)42)22-18-16-14-12-10-8-6-4-2/h26-29,31,36H,3-25H2,1-2H3,(H,35,43)(H,39,40)(H,41,42)/t26?,27-,28?,29-,31-/m1/s1. The summed E-state index contributed by atoms with van der Waals surface area (Å²) in [5, 5.41) is 22.6. The first-order chi connectivity index (χ1) is 21.8. The Bertz CT molecular complexity index is 877. The average Bonchev–Trinajstić information content (AvgIpc) is 3.54. The summed E-state index contributed by atoms with van der Waals surface area (Å²) >= 11 is 1.76. The van der Waals surface area contributed by atoms with Crippen LogP contribution in [0.4, 0.5) is 4.79 Å². The molecule has 0 bridgehead atoms. The molecule has 260 valence electrons. The molecule has 4 N–H and O–H groups in total. The highest BCUT2D eigenvalue weighted by molar-refractivity contribution is 8.00. The molecule has 2 rings (SSSR count). The lowest BCUT2D eigenvalue weighted by atomic mass is 9.98. The number of aliphatic carboxylic acids is 2. The van der Waals surface area contributed by atoms with E-state index in [9.17, 15) is 29.4 Å². The van der Waals surface area contributed by atoms with Crippen LogP contribution in [0.3, 0.4) is 0 Å². The van der Waals surface area contributed by atoms with Crippen molar-refractivity contribution in [2.24, 2.45) is 0 Å². The van der Waals surface area contributed by atoms with Gasteiger partial charge in [0, 0.05) is 17.4 Å². The number of urea groups is 1. The van der Waals surface area contributed by atoms with Gasteiger partial charge in [-0.3, -0.25) is 9.59 Å². The minimum atomic E-state index is -1.02. The summed E-state index contributed by atoms with van der Waals surface area (Å²) in [6, 6.07) is -2.24. The van der Waals surface area contributed by atoms with Crippen molar-refractivity contribution >= 4 is 35.7 Å². The summed E-state index contributed by atoms with van der Waals surface area (Å²) < 4.78 is 0. The maximum atomic E-state index is 12.9. The number of carbonyl (C=O) groups is 4. The molecule has 2 heterocycles. The van der Waals surface area contributed by atoms with Crippen LogP contribution in [0.2, 0.25) is 0 Å². The topological polar surface area (TPSA) is 145 Å². The quantitative estimate of drug-likeness (QED) is 0.0384. The lowest BCUT2D eigenvalue weighted by molar-refractivity contribution is -0.158. The van der Waals surface area contributed by atoms with Crippen molar-refractivity contribution in [3.8, 4) is 0 Å². The fourth-order valence-electron chi connectivity index (χ4n) is 6.53. The second-order valence-corrected chi connectivity index (χ2v) is 14.2. The van der Waals surface area contributed by atoms with Gasteiger partial charge in [-0.25, -0.2) is 9.59 Å². The summed E-state index contributed by atoms with van der Waals surface area (Å²) in [5.74, 6) is -1.69. The van der Waals surface area contributed by atoms with Crippen molar-refractivity contribution in [1.29, 1.82) is 0 Å². The van der Waals surface area contributed by atoms with Crippen LogP contribution in [0.1, 0.15) is 155 Å². The number of nitrogens with one attached hydrogen (secondary N) is 2. The second kappa shape index (κ2) is 23.3. The summed E-state index contributed by atoms with van der Waals surface area (Å²) in [6.07, 6.45) is 21.1. The van der Waals surface area contributed by atoms with E-state index in [2.05, 4.69) is 24.6 Å². The molecular formula is C34H61N3O7S. The highest BCUT2D eigenvalue weighted by Gasteiger charge is 2.51. The number of unbranched alkanes of at least 4 members (excludes halogenated alkanes) is 15. The number of hydroxylamine groups is 1. The van der Waals surface area contributed by atoms with Gasteiger partial charge in [-0.05, 0) is 25.7 Å². The van der Waals surface area contributed by atoms with Gasteiger partial charge in [0.05, 0.1) is 12.1 Å². The minimum absolute atomic E-state index is 0.0592. The monoisotopic (exact) mass is 655 g/mol. The van der Waals surface area contributed by atoms with Crippen LogP contribution in [0.25, 0.3) is 0 Å². The van der Waals surface area contributed by atoms with E-state index in [0.29, 0.717) is 19.3 Å². The van der Waals surface area contributed by atoms with E-state index >= 15 is 0 Å². The van der Waals surface area contributed by atoms with Gasteiger partial charge in [0.25, 0.3) is 0 Å². The molecule has 0 aliphatic carbocycles. The molecule has 0 radical (unpaired) electrons. The number of carbonyl (C=O) groups excluding carboxylic acids is 2. The molecule has 10 nitrogen and oxygen atoms in total. The number of rotatable bonds is 28. The molecule has 2 aliphatic heterocycles. The fourth-order valence-corrected chi connectivity index (χ4v) is 8.11. The molecule has 0 aromatic carbocycles. The molecule has 45 heavy (non-hydrogen) atoms. The number of thioether (sulfide) groups is 1. The summed E-state index contributed by atoms with van der Waals surface area (Å²) in [4.78, 5) is 55.7. The van der Waals surface area contributed by atoms with Gasteiger partial charge < -0.3 is 25.3 Å². The number of fused-ring (bicyclic) bond motifs is 1. The van der Waals surface area contributed by atoms with Gasteiger partial charge >= 0.3 is 23.9 Å². The third-order valence-corrected chi connectivity index (χ3v) is 10.7. The Morgan fingerprint density at radius 3 is 1.93 bits per heavy atom. The molecule has 5 atom stereocenters. The summed E-state index contributed by atoms with van der Waals surface area (Å²) in [7, 11) is 0. The molecule has 0 aromatic heterocycles. The van der Waals surface area contributed by atoms with Crippen molar-refractivity contribution in [3.63, 3.8) is 0 Å². The molecular weight excluding hydrogens is 594 g/mol. The first kappa shape index (κ1) is 39.2. The van der Waals surface area contributed by atoms with Gasteiger partial charge in [-0.2, -0.15) is 11.8 Å². The fraction of sp³-hybridized carbons (Fsp3) is 0.882. The van der Waals surface area contributed by atoms with E-state index in [4.69, 9.17) is 4.84 Å². The van der Waals surface area contributed by atoms with Crippen molar-refractivity contribution in [2.45, 2.75) is 185 Å². The lowest BCUT2D eigenvalue weighted by Crippen LogP contribution is -2.50. The first-order valence-electron chi connectivity index (χ1n) is 17.9. The number of amides is 2. The van der Waals surface area contributed by atoms with Crippen molar-refractivity contribution in [1.82, 2.24) is 15.7 Å². The molecule has 2 fully saturated rings. The highest BCUT2D eigenvalue weighted by Crippen LogP contribution is 2.39. The zero-order valence-electron chi connectivity index (χ0n) is 27.9. The zero-order valence-corrected chi connectivity index (χ0v) is 28.8. The Hall–Kier alpha value is -2.01. The van der Waals surface area contributed by atoms with Gasteiger partial charge in [-0.15, -0.1) is 5.48 Å². The van der Waals surface area contributed by atoms with Crippen LogP contribution in [0, 0.1) is 0 Å². The Balaban J connectivity index is 1.69. The van der Waals surface area contributed by atoms with Crippen molar-refractivity contribution < 1.29 is 34.2 Å². The highest BCUT2D eigenvalue weighted by atomic mass is 32.2. The molecule has 2 unspecified atom stereocenters. The van der Waals surface area contributed by atoms with Gasteiger partial charge in [0.2, 0.25) is 0 Å². The summed E-state index contributed by atoms with van der Waals surface area (Å²) in [5.41, 5.74) is 2.46. The number of hydrogen-bond donors (Lipinski definition) is 4. The Labute approximate surface area is 275 Å². The van der Waals surface area contributed by atoms with E-state index in [1.807, 2.05) is 0 Å². The predicted octanol–water partition coefficient (Wildman–Crippen LogP) is 7.44. The third-order valence-electron chi connectivity index (χ3n) is 9.18.